The number of ether oxygens (including phenoxy) is 1. The summed E-state index contributed by atoms with van der Waals surface area (Å²) in [4.78, 5) is 25.5. The fourth-order valence-corrected chi connectivity index (χ4v) is 3.97. The topological polar surface area (TPSA) is 82.8 Å². The minimum Gasteiger partial charge on any atom is -0.469 e. The van der Waals surface area contributed by atoms with Crippen LogP contribution in [0.2, 0.25) is 5.15 Å². The van der Waals surface area contributed by atoms with Crippen molar-refractivity contribution in [2.45, 2.75) is 31.7 Å². The number of carbonyl (C=O) groups excluding carboxylic acids is 1. The number of pyridine rings is 1. The largest absolute Gasteiger partial charge is 0.469 e. The van der Waals surface area contributed by atoms with Crippen molar-refractivity contribution < 1.29 is 13.9 Å². The second kappa shape index (κ2) is 8.27. The van der Waals surface area contributed by atoms with Gasteiger partial charge in [-0.1, -0.05) is 29.8 Å². The van der Waals surface area contributed by atoms with Crippen molar-refractivity contribution in [3.63, 3.8) is 0 Å². The van der Waals surface area contributed by atoms with E-state index in [1.165, 1.54) is 13.2 Å². The van der Waals surface area contributed by atoms with Crippen LogP contribution in [-0.4, -0.2) is 37.8 Å². The molecule has 7 nitrogen and oxygen atoms in total. The molecule has 0 aliphatic heterocycles. The fourth-order valence-electron chi connectivity index (χ4n) is 3.73. The molecular formula is C23H19ClFN5O2. The molecule has 0 unspecified atom stereocenters. The Hall–Kier alpha value is -3.39. The zero-order valence-electron chi connectivity index (χ0n) is 17.3. The highest BCUT2D eigenvalue weighted by molar-refractivity contribution is 6.30. The number of rotatable bonds is 6. The van der Waals surface area contributed by atoms with E-state index in [0.717, 1.165) is 23.9 Å². The van der Waals surface area contributed by atoms with Gasteiger partial charge in [-0.3, -0.25) is 4.79 Å². The summed E-state index contributed by atoms with van der Waals surface area (Å²) in [6, 6.07) is 10.2. The van der Waals surface area contributed by atoms with E-state index in [0.29, 0.717) is 28.3 Å². The molecule has 0 spiro atoms. The Kier molecular flexibility index (Phi) is 5.30. The molecule has 4 aromatic rings. The van der Waals surface area contributed by atoms with Crippen LogP contribution in [0, 0.1) is 5.82 Å². The molecule has 32 heavy (non-hydrogen) atoms. The Morgan fingerprint density at radius 3 is 2.78 bits per heavy atom. The van der Waals surface area contributed by atoms with Crippen LogP contribution in [0.3, 0.4) is 0 Å². The highest BCUT2D eigenvalue weighted by Crippen LogP contribution is 2.43. The summed E-state index contributed by atoms with van der Waals surface area (Å²) in [5, 5.41) is 5.63. The van der Waals surface area contributed by atoms with E-state index >= 15 is 0 Å². The fraction of sp³-hybridized carbons (Fsp3) is 0.261. The van der Waals surface area contributed by atoms with Gasteiger partial charge in [-0.25, -0.2) is 24.0 Å². The van der Waals surface area contributed by atoms with Gasteiger partial charge in [-0.15, -0.1) is 0 Å². The van der Waals surface area contributed by atoms with Gasteiger partial charge in [-0.05, 0) is 31.0 Å². The van der Waals surface area contributed by atoms with Gasteiger partial charge in [0.25, 0.3) is 0 Å². The van der Waals surface area contributed by atoms with E-state index in [4.69, 9.17) is 21.3 Å². The van der Waals surface area contributed by atoms with Crippen molar-refractivity contribution in [1.82, 2.24) is 24.7 Å². The van der Waals surface area contributed by atoms with Gasteiger partial charge in [0, 0.05) is 23.2 Å². The molecule has 0 atom stereocenters. The van der Waals surface area contributed by atoms with Gasteiger partial charge >= 0.3 is 5.97 Å². The third-order valence-electron chi connectivity index (χ3n) is 5.50. The van der Waals surface area contributed by atoms with Gasteiger partial charge in [0.05, 0.1) is 31.2 Å². The van der Waals surface area contributed by atoms with Gasteiger partial charge in [0.2, 0.25) is 0 Å². The van der Waals surface area contributed by atoms with Crippen LogP contribution >= 0.6 is 11.6 Å². The number of hydrogen-bond donors (Lipinski definition) is 0. The smallest absolute Gasteiger partial charge is 0.310 e. The predicted molar refractivity (Wildman–Crippen MR) is 117 cm³/mol. The average Bonchev–Trinajstić information content (AvgIpc) is 3.58. The first kappa shape index (κ1) is 20.5. The molecule has 0 N–H and O–H groups in total. The van der Waals surface area contributed by atoms with Crippen LogP contribution in [0.4, 0.5) is 4.39 Å². The lowest BCUT2D eigenvalue weighted by atomic mass is 10.1. The maximum absolute atomic E-state index is 14.2. The molecule has 1 fully saturated rings. The van der Waals surface area contributed by atoms with Crippen molar-refractivity contribution in [1.29, 1.82) is 0 Å². The molecule has 0 bridgehead atoms. The molecule has 162 valence electrons. The minimum absolute atomic E-state index is 0.0193. The predicted octanol–water partition coefficient (Wildman–Crippen LogP) is 4.32. The lowest BCUT2D eigenvalue weighted by Crippen LogP contribution is -2.11. The number of methoxy groups -OCH3 is 1. The summed E-state index contributed by atoms with van der Waals surface area (Å²) in [5.74, 6) is -0.111. The molecular weight excluding hydrogens is 433 g/mol. The summed E-state index contributed by atoms with van der Waals surface area (Å²) in [6.45, 7) is 0.212. The highest BCUT2D eigenvalue weighted by Gasteiger charge is 2.31. The molecule has 5 rings (SSSR count). The first-order chi connectivity index (χ1) is 15.5. The standard InChI is InChI=1S/C23H19ClFN5O2/c1-32-18(31)11-16-19(13-8-9-13)27-22(28-21(16)24)20-15-6-4-10-26-23(15)30(29-20)12-14-5-2-3-7-17(14)25/h2-7,10,13H,8-9,11-12H2,1H3. The van der Waals surface area contributed by atoms with E-state index in [2.05, 4.69) is 15.1 Å². The normalized spacial score (nSPS) is 13.5. The number of aromatic nitrogens is 5. The summed E-state index contributed by atoms with van der Waals surface area (Å²) < 4.78 is 20.7. The molecule has 1 aromatic carbocycles. The molecule has 9 heteroatoms. The number of halogens is 2. The Morgan fingerprint density at radius 2 is 2.03 bits per heavy atom. The highest BCUT2D eigenvalue weighted by atomic mass is 35.5. The molecule has 3 heterocycles. The van der Waals surface area contributed by atoms with Crippen molar-refractivity contribution >= 4 is 28.6 Å². The third kappa shape index (κ3) is 3.82. The molecule has 0 saturated heterocycles. The van der Waals surface area contributed by atoms with E-state index in [1.807, 2.05) is 6.07 Å². The lowest BCUT2D eigenvalue weighted by molar-refractivity contribution is -0.139. The monoisotopic (exact) mass is 451 g/mol. The SMILES string of the molecule is COC(=O)Cc1c(Cl)nc(-c2nn(Cc3ccccc3F)c3ncccc23)nc1C1CC1. The summed E-state index contributed by atoms with van der Waals surface area (Å²) in [7, 11) is 1.34. The van der Waals surface area contributed by atoms with Crippen LogP contribution < -0.4 is 0 Å². The van der Waals surface area contributed by atoms with Gasteiger partial charge in [0.15, 0.2) is 11.5 Å². The molecule has 1 aliphatic rings. The quantitative estimate of drug-likeness (QED) is 0.320. The van der Waals surface area contributed by atoms with E-state index in [9.17, 15) is 9.18 Å². The van der Waals surface area contributed by atoms with Crippen LogP contribution in [0.5, 0.6) is 0 Å². The van der Waals surface area contributed by atoms with Crippen LogP contribution in [0.25, 0.3) is 22.6 Å². The van der Waals surface area contributed by atoms with Crippen molar-refractivity contribution in [2.75, 3.05) is 7.11 Å². The number of carbonyl (C=O) groups is 1. The van der Waals surface area contributed by atoms with Crippen LogP contribution in [-0.2, 0) is 22.5 Å². The zero-order valence-corrected chi connectivity index (χ0v) is 18.0. The number of benzene rings is 1. The first-order valence-electron chi connectivity index (χ1n) is 10.2. The van der Waals surface area contributed by atoms with Gasteiger partial charge in [-0.2, -0.15) is 5.10 Å². The van der Waals surface area contributed by atoms with Gasteiger partial charge < -0.3 is 4.74 Å². The summed E-state index contributed by atoms with van der Waals surface area (Å²) >= 11 is 6.51. The van der Waals surface area contributed by atoms with Gasteiger partial charge in [0.1, 0.15) is 16.7 Å². The average molecular weight is 452 g/mol. The molecule has 1 saturated carbocycles. The summed E-state index contributed by atoms with van der Waals surface area (Å²) in [5.41, 5.74) is 2.96. The molecule has 1 aliphatic carbocycles. The molecule has 3 aromatic heterocycles. The molecule has 0 amide bonds. The lowest BCUT2D eigenvalue weighted by Gasteiger charge is -2.10. The number of esters is 1. The Bertz CT molecular complexity index is 1340. The first-order valence-corrected chi connectivity index (χ1v) is 10.6. The second-order valence-electron chi connectivity index (χ2n) is 7.70. The zero-order chi connectivity index (χ0) is 22.2. The minimum atomic E-state index is -0.394. The Morgan fingerprint density at radius 1 is 1.22 bits per heavy atom. The van der Waals surface area contributed by atoms with E-state index in [-0.39, 0.29) is 29.9 Å². The van der Waals surface area contributed by atoms with Crippen LogP contribution in [0.1, 0.15) is 35.6 Å². The van der Waals surface area contributed by atoms with Crippen molar-refractivity contribution in [3.05, 3.63) is 70.4 Å². The maximum atomic E-state index is 14.2. The molecule has 0 radical (unpaired) electrons. The second-order valence-corrected chi connectivity index (χ2v) is 8.06. The van der Waals surface area contributed by atoms with Crippen molar-refractivity contribution in [2.24, 2.45) is 0 Å². The summed E-state index contributed by atoms with van der Waals surface area (Å²) in [6.07, 6.45) is 3.63. The number of nitrogens with zero attached hydrogens (tertiary/aromatic N) is 5. The Balaban J connectivity index is 1.62. The number of fused-ring (bicyclic) bond motifs is 1. The van der Waals surface area contributed by atoms with E-state index < -0.39 is 5.97 Å². The van der Waals surface area contributed by atoms with E-state index in [1.54, 1.807) is 35.1 Å². The number of hydrogen-bond acceptors (Lipinski definition) is 6. The van der Waals surface area contributed by atoms with Crippen LogP contribution in [0.15, 0.2) is 42.6 Å². The van der Waals surface area contributed by atoms with Crippen molar-refractivity contribution in [3.8, 4) is 11.5 Å². The third-order valence-corrected chi connectivity index (χ3v) is 5.81. The Labute approximate surface area is 188 Å². The maximum Gasteiger partial charge on any atom is 0.310 e.